The van der Waals surface area contributed by atoms with Gasteiger partial charge in [0.25, 0.3) is 5.91 Å². The zero-order valence-electron chi connectivity index (χ0n) is 17.6. The molecule has 0 fully saturated rings. The number of carbonyl (C=O) groups excluding carboxylic acids is 1. The van der Waals surface area contributed by atoms with Gasteiger partial charge in [-0.3, -0.25) is 4.79 Å². The molecule has 0 spiro atoms. The molecule has 156 valence electrons. The van der Waals surface area contributed by atoms with E-state index in [2.05, 4.69) is 41.8 Å². The van der Waals surface area contributed by atoms with E-state index in [0.717, 1.165) is 34.5 Å². The Bertz CT molecular complexity index is 1020. The predicted molar refractivity (Wildman–Crippen MR) is 125 cm³/mol. The minimum absolute atomic E-state index is 0.103. The minimum Gasteiger partial charge on any atom is -0.482 e. The van der Waals surface area contributed by atoms with Crippen LogP contribution in [0.2, 0.25) is 5.02 Å². The van der Waals surface area contributed by atoms with Gasteiger partial charge >= 0.3 is 0 Å². The maximum absolute atomic E-state index is 12.2. The summed E-state index contributed by atoms with van der Waals surface area (Å²) in [4.78, 5) is 12.2. The van der Waals surface area contributed by atoms with E-state index >= 15 is 0 Å². The molecule has 0 saturated heterocycles. The molecule has 0 aromatic heterocycles. The molecule has 30 heavy (non-hydrogen) atoms. The lowest BCUT2D eigenvalue weighted by Crippen LogP contribution is -2.20. The molecular formula is C25H27ClN2O2. The number of carbonyl (C=O) groups is 1. The van der Waals surface area contributed by atoms with Crippen molar-refractivity contribution in [3.63, 3.8) is 0 Å². The maximum atomic E-state index is 12.2. The third-order valence-corrected chi connectivity index (χ3v) is 5.39. The van der Waals surface area contributed by atoms with Gasteiger partial charge in [-0.05, 0) is 72.9 Å². The highest BCUT2D eigenvalue weighted by Gasteiger charge is 2.09. The standard InChI is InChI=1S/C25H27ClN2O2/c1-4-19-8-11-21(12-9-19)27-15-20-10-13-24(22(26)14-20)30-16-25(29)28-23-7-5-6-17(2)18(23)3/h5-14,27H,4,15-16H2,1-3H3,(H,28,29). The second-order valence-corrected chi connectivity index (χ2v) is 7.66. The molecule has 0 unspecified atom stereocenters. The van der Waals surface area contributed by atoms with Crippen molar-refractivity contribution >= 4 is 28.9 Å². The van der Waals surface area contributed by atoms with Crippen LogP contribution in [0.1, 0.15) is 29.2 Å². The number of amides is 1. The fraction of sp³-hybridized carbons (Fsp3) is 0.240. The molecule has 5 heteroatoms. The van der Waals surface area contributed by atoms with Crippen molar-refractivity contribution in [2.24, 2.45) is 0 Å². The van der Waals surface area contributed by atoms with E-state index in [4.69, 9.17) is 16.3 Å². The van der Waals surface area contributed by atoms with Gasteiger partial charge < -0.3 is 15.4 Å². The third kappa shape index (κ3) is 5.77. The Morgan fingerprint density at radius 1 is 1.00 bits per heavy atom. The third-order valence-electron chi connectivity index (χ3n) is 5.09. The molecule has 4 nitrogen and oxygen atoms in total. The zero-order valence-corrected chi connectivity index (χ0v) is 18.3. The summed E-state index contributed by atoms with van der Waals surface area (Å²) in [5, 5.41) is 6.75. The summed E-state index contributed by atoms with van der Waals surface area (Å²) in [6, 6.07) is 19.8. The van der Waals surface area contributed by atoms with E-state index in [1.807, 2.05) is 44.2 Å². The van der Waals surface area contributed by atoms with Gasteiger partial charge in [0, 0.05) is 17.9 Å². The van der Waals surface area contributed by atoms with Crippen LogP contribution in [0.4, 0.5) is 11.4 Å². The second-order valence-electron chi connectivity index (χ2n) is 7.25. The van der Waals surface area contributed by atoms with Crippen LogP contribution in [-0.4, -0.2) is 12.5 Å². The van der Waals surface area contributed by atoms with Gasteiger partial charge in [-0.2, -0.15) is 0 Å². The number of aryl methyl sites for hydroxylation is 2. The molecule has 3 aromatic carbocycles. The first-order chi connectivity index (χ1) is 14.5. The molecule has 0 aliphatic rings. The topological polar surface area (TPSA) is 50.4 Å². The Balaban J connectivity index is 1.53. The summed E-state index contributed by atoms with van der Waals surface area (Å²) < 4.78 is 5.62. The first-order valence-electron chi connectivity index (χ1n) is 10.1. The number of halogens is 1. The fourth-order valence-electron chi connectivity index (χ4n) is 3.05. The average Bonchev–Trinajstić information content (AvgIpc) is 2.75. The predicted octanol–water partition coefficient (Wildman–Crippen LogP) is 6.15. The van der Waals surface area contributed by atoms with Gasteiger partial charge in [-0.1, -0.05) is 48.9 Å². The number of benzene rings is 3. The Morgan fingerprint density at radius 3 is 2.43 bits per heavy atom. The van der Waals surface area contributed by atoms with Crippen LogP contribution < -0.4 is 15.4 Å². The molecule has 0 heterocycles. The Morgan fingerprint density at radius 2 is 1.73 bits per heavy atom. The number of ether oxygens (including phenoxy) is 1. The summed E-state index contributed by atoms with van der Waals surface area (Å²) in [6.07, 6.45) is 1.03. The lowest BCUT2D eigenvalue weighted by atomic mass is 10.1. The molecule has 3 rings (SSSR count). The molecule has 0 bridgehead atoms. The lowest BCUT2D eigenvalue weighted by molar-refractivity contribution is -0.118. The summed E-state index contributed by atoms with van der Waals surface area (Å²) in [5.74, 6) is 0.268. The largest absolute Gasteiger partial charge is 0.482 e. The first-order valence-corrected chi connectivity index (χ1v) is 10.4. The van der Waals surface area contributed by atoms with E-state index in [1.54, 1.807) is 6.07 Å². The maximum Gasteiger partial charge on any atom is 0.262 e. The Kier molecular flexibility index (Phi) is 7.36. The van der Waals surface area contributed by atoms with Crippen LogP contribution in [0.25, 0.3) is 0 Å². The number of hydrogen-bond acceptors (Lipinski definition) is 3. The molecular weight excluding hydrogens is 396 g/mol. The van der Waals surface area contributed by atoms with Crippen LogP contribution in [0.3, 0.4) is 0 Å². The van der Waals surface area contributed by atoms with Crippen molar-refractivity contribution in [1.82, 2.24) is 0 Å². The van der Waals surface area contributed by atoms with E-state index in [-0.39, 0.29) is 12.5 Å². The Labute approximate surface area is 183 Å². The molecule has 0 aliphatic heterocycles. The number of rotatable bonds is 8. The van der Waals surface area contributed by atoms with E-state index in [0.29, 0.717) is 17.3 Å². The van der Waals surface area contributed by atoms with Gasteiger partial charge in [0.05, 0.1) is 5.02 Å². The van der Waals surface area contributed by atoms with Crippen molar-refractivity contribution in [2.45, 2.75) is 33.7 Å². The molecule has 3 aromatic rings. The van der Waals surface area contributed by atoms with Crippen LogP contribution in [0.15, 0.2) is 60.7 Å². The summed E-state index contributed by atoms with van der Waals surface area (Å²) >= 11 is 6.36. The Hall–Kier alpha value is -2.98. The smallest absolute Gasteiger partial charge is 0.262 e. The van der Waals surface area contributed by atoms with Gasteiger partial charge in [0.2, 0.25) is 0 Å². The summed E-state index contributed by atoms with van der Waals surface area (Å²) in [6.45, 7) is 6.68. The molecule has 0 atom stereocenters. The van der Waals surface area contributed by atoms with Crippen molar-refractivity contribution < 1.29 is 9.53 Å². The number of nitrogens with one attached hydrogen (secondary N) is 2. The molecule has 0 radical (unpaired) electrons. The number of anilines is 2. The normalized spacial score (nSPS) is 10.5. The molecule has 2 N–H and O–H groups in total. The second kappa shape index (κ2) is 10.2. The van der Waals surface area contributed by atoms with E-state index in [1.165, 1.54) is 5.56 Å². The van der Waals surface area contributed by atoms with Crippen LogP contribution in [-0.2, 0) is 17.8 Å². The molecule has 1 amide bonds. The van der Waals surface area contributed by atoms with Gasteiger partial charge in [0.15, 0.2) is 6.61 Å². The van der Waals surface area contributed by atoms with Crippen LogP contribution >= 0.6 is 11.6 Å². The van der Waals surface area contributed by atoms with E-state index < -0.39 is 0 Å². The van der Waals surface area contributed by atoms with Crippen molar-refractivity contribution in [3.05, 3.63) is 87.9 Å². The zero-order chi connectivity index (χ0) is 21.5. The van der Waals surface area contributed by atoms with Gasteiger partial charge in [-0.25, -0.2) is 0 Å². The highest BCUT2D eigenvalue weighted by atomic mass is 35.5. The first kappa shape index (κ1) is 21.7. The highest BCUT2D eigenvalue weighted by Crippen LogP contribution is 2.26. The number of hydrogen-bond donors (Lipinski definition) is 2. The van der Waals surface area contributed by atoms with Gasteiger partial charge in [0.1, 0.15) is 5.75 Å². The highest BCUT2D eigenvalue weighted by molar-refractivity contribution is 6.32. The quantitative estimate of drug-likeness (QED) is 0.457. The van der Waals surface area contributed by atoms with Gasteiger partial charge in [-0.15, -0.1) is 0 Å². The molecule has 0 aliphatic carbocycles. The minimum atomic E-state index is -0.221. The van der Waals surface area contributed by atoms with Crippen molar-refractivity contribution in [2.75, 3.05) is 17.2 Å². The van der Waals surface area contributed by atoms with Crippen molar-refractivity contribution in [3.8, 4) is 5.75 Å². The average molecular weight is 423 g/mol. The fourth-order valence-corrected chi connectivity index (χ4v) is 3.31. The molecule has 0 saturated carbocycles. The van der Waals surface area contributed by atoms with E-state index in [9.17, 15) is 4.79 Å². The monoisotopic (exact) mass is 422 g/mol. The van der Waals surface area contributed by atoms with Crippen molar-refractivity contribution in [1.29, 1.82) is 0 Å². The summed E-state index contributed by atoms with van der Waals surface area (Å²) in [7, 11) is 0. The SMILES string of the molecule is CCc1ccc(NCc2ccc(OCC(=O)Nc3cccc(C)c3C)c(Cl)c2)cc1. The van der Waals surface area contributed by atoms with Crippen LogP contribution in [0, 0.1) is 13.8 Å². The summed E-state index contributed by atoms with van der Waals surface area (Å²) in [5.41, 5.74) is 6.38. The van der Waals surface area contributed by atoms with Crippen LogP contribution in [0.5, 0.6) is 5.75 Å². The lowest BCUT2D eigenvalue weighted by Gasteiger charge is -2.13.